The maximum atomic E-state index is 12.4. The topological polar surface area (TPSA) is 94.2 Å². The first-order valence-electron chi connectivity index (χ1n) is 9.89. The predicted molar refractivity (Wildman–Crippen MR) is 115 cm³/mol. The average Bonchev–Trinajstić information content (AvgIpc) is 2.77. The van der Waals surface area contributed by atoms with E-state index in [0.29, 0.717) is 5.56 Å². The van der Waals surface area contributed by atoms with Crippen molar-refractivity contribution in [2.24, 2.45) is 0 Å². The van der Waals surface area contributed by atoms with E-state index < -0.39 is 24.2 Å². The molecule has 1 atom stereocenters. The number of nitrogens with zero attached hydrogens (tertiary/aromatic N) is 1. The van der Waals surface area contributed by atoms with Crippen molar-refractivity contribution in [3.8, 4) is 5.75 Å². The van der Waals surface area contributed by atoms with Crippen LogP contribution in [-0.2, 0) is 14.3 Å². The Morgan fingerprint density at radius 1 is 0.968 bits per heavy atom. The Morgan fingerprint density at radius 3 is 2.29 bits per heavy atom. The van der Waals surface area contributed by atoms with Crippen LogP contribution in [0.3, 0.4) is 0 Å². The van der Waals surface area contributed by atoms with E-state index in [4.69, 9.17) is 14.2 Å². The summed E-state index contributed by atoms with van der Waals surface area (Å²) in [5.74, 6) is -0.331. The molecule has 0 radical (unpaired) electrons. The van der Waals surface area contributed by atoms with Gasteiger partial charge >= 0.3 is 18.2 Å². The number of carbonyl (C=O) groups excluding carboxylic acids is 3. The van der Waals surface area contributed by atoms with Crippen LogP contribution in [0.15, 0.2) is 60.7 Å². The second kappa shape index (κ2) is 12.0. The number of esters is 1. The zero-order valence-corrected chi connectivity index (χ0v) is 17.7. The van der Waals surface area contributed by atoms with Crippen LogP contribution in [0.4, 0.5) is 9.59 Å². The number of para-hydroxylation sites is 1. The molecule has 2 rings (SSSR count). The van der Waals surface area contributed by atoms with E-state index in [9.17, 15) is 14.4 Å². The van der Waals surface area contributed by atoms with E-state index >= 15 is 0 Å². The molecule has 2 aromatic carbocycles. The number of benzene rings is 2. The smallest absolute Gasteiger partial charge is 0.429 e. The van der Waals surface area contributed by atoms with Gasteiger partial charge in [-0.05, 0) is 38.5 Å². The number of ether oxygens (including phenoxy) is 3. The van der Waals surface area contributed by atoms with Gasteiger partial charge in [0.15, 0.2) is 0 Å². The van der Waals surface area contributed by atoms with Crippen LogP contribution >= 0.6 is 0 Å². The molecule has 0 spiro atoms. The molecule has 2 aromatic rings. The van der Waals surface area contributed by atoms with Crippen molar-refractivity contribution in [2.75, 3.05) is 13.2 Å². The number of hydrazine groups is 1. The first-order chi connectivity index (χ1) is 15.0. The Hall–Kier alpha value is -3.81. The number of nitrogens with one attached hydrogen (secondary N) is 1. The van der Waals surface area contributed by atoms with Crippen LogP contribution in [0.25, 0.3) is 6.08 Å². The van der Waals surface area contributed by atoms with Crippen molar-refractivity contribution < 1.29 is 28.6 Å². The van der Waals surface area contributed by atoms with Gasteiger partial charge in [0.25, 0.3) is 0 Å². The van der Waals surface area contributed by atoms with Crippen LogP contribution in [-0.4, -0.2) is 36.4 Å². The van der Waals surface area contributed by atoms with Crippen molar-refractivity contribution in [1.29, 1.82) is 0 Å². The molecule has 164 valence electrons. The Kier molecular flexibility index (Phi) is 9.10. The van der Waals surface area contributed by atoms with Crippen molar-refractivity contribution in [3.05, 3.63) is 71.8 Å². The third-order valence-electron chi connectivity index (χ3n) is 4.13. The highest BCUT2D eigenvalue weighted by molar-refractivity contribution is 5.89. The van der Waals surface area contributed by atoms with Crippen LogP contribution < -0.4 is 10.2 Å². The fraction of sp³-hybridized carbons (Fsp3) is 0.261. The lowest BCUT2D eigenvalue weighted by molar-refractivity contribution is -0.129. The van der Waals surface area contributed by atoms with E-state index in [2.05, 4.69) is 5.43 Å². The minimum absolute atomic E-state index is 0.119. The van der Waals surface area contributed by atoms with E-state index in [0.717, 1.165) is 10.6 Å². The third kappa shape index (κ3) is 7.18. The fourth-order valence-corrected chi connectivity index (χ4v) is 2.68. The summed E-state index contributed by atoms with van der Waals surface area (Å²) < 4.78 is 15.4. The molecule has 0 saturated carbocycles. The summed E-state index contributed by atoms with van der Waals surface area (Å²) in [5.41, 5.74) is 3.72. The summed E-state index contributed by atoms with van der Waals surface area (Å²) in [5, 5.41) is 0.994. The summed E-state index contributed by atoms with van der Waals surface area (Å²) in [6, 6.07) is 15.3. The van der Waals surface area contributed by atoms with Crippen LogP contribution in [0.2, 0.25) is 0 Å². The molecule has 8 nitrogen and oxygen atoms in total. The molecule has 8 heteroatoms. The van der Waals surface area contributed by atoms with Gasteiger partial charge in [-0.15, -0.1) is 0 Å². The lowest BCUT2D eigenvalue weighted by Gasteiger charge is -2.29. The number of hydrogen-bond acceptors (Lipinski definition) is 6. The largest absolute Gasteiger partial charge is 0.449 e. The highest BCUT2D eigenvalue weighted by atomic mass is 16.6. The van der Waals surface area contributed by atoms with Gasteiger partial charge in [-0.25, -0.2) is 24.8 Å². The zero-order chi connectivity index (χ0) is 22.6. The van der Waals surface area contributed by atoms with Gasteiger partial charge in [-0.3, -0.25) is 0 Å². The predicted octanol–water partition coefficient (Wildman–Crippen LogP) is 4.49. The lowest BCUT2D eigenvalue weighted by Crippen LogP contribution is -2.48. The lowest BCUT2D eigenvalue weighted by atomic mass is 10.1. The monoisotopic (exact) mass is 426 g/mol. The van der Waals surface area contributed by atoms with Crippen LogP contribution in [0.1, 0.15) is 37.9 Å². The van der Waals surface area contributed by atoms with Crippen LogP contribution in [0, 0.1) is 0 Å². The van der Waals surface area contributed by atoms with Gasteiger partial charge in [0.2, 0.25) is 0 Å². The van der Waals surface area contributed by atoms with E-state index in [1.165, 1.54) is 6.08 Å². The SMILES string of the molecule is CCOC(=O)NN(C(=O)OCC)C(C)c1ccccc1OC(=O)/C=C/c1ccccc1. The molecule has 0 aromatic heterocycles. The Labute approximate surface area is 181 Å². The van der Waals surface area contributed by atoms with E-state index in [1.54, 1.807) is 51.1 Å². The summed E-state index contributed by atoms with van der Waals surface area (Å²) in [4.78, 5) is 36.6. The van der Waals surface area contributed by atoms with Crippen molar-refractivity contribution >= 4 is 24.2 Å². The highest BCUT2D eigenvalue weighted by Crippen LogP contribution is 2.29. The van der Waals surface area contributed by atoms with E-state index in [1.807, 2.05) is 30.3 Å². The first kappa shape index (κ1) is 23.5. The molecule has 0 saturated heterocycles. The highest BCUT2D eigenvalue weighted by Gasteiger charge is 2.27. The molecule has 1 unspecified atom stereocenters. The number of amides is 2. The Bertz CT molecular complexity index is 913. The van der Waals surface area contributed by atoms with Gasteiger partial charge in [-0.2, -0.15) is 0 Å². The van der Waals surface area contributed by atoms with Gasteiger partial charge in [-0.1, -0.05) is 48.5 Å². The summed E-state index contributed by atoms with van der Waals surface area (Å²) in [6.45, 7) is 5.22. The van der Waals surface area contributed by atoms with E-state index in [-0.39, 0.29) is 19.0 Å². The molecule has 0 bridgehead atoms. The molecule has 31 heavy (non-hydrogen) atoms. The number of carbonyl (C=O) groups is 3. The van der Waals surface area contributed by atoms with Gasteiger partial charge in [0.05, 0.1) is 19.3 Å². The Balaban J connectivity index is 2.21. The maximum Gasteiger partial charge on any atom is 0.429 e. The quantitative estimate of drug-likeness (QED) is 0.303. The minimum atomic E-state index is -0.803. The number of rotatable bonds is 7. The zero-order valence-electron chi connectivity index (χ0n) is 17.7. The summed E-state index contributed by atoms with van der Waals surface area (Å²) >= 11 is 0. The van der Waals surface area contributed by atoms with Gasteiger partial charge < -0.3 is 14.2 Å². The molecule has 0 aliphatic carbocycles. The maximum absolute atomic E-state index is 12.4. The van der Waals surface area contributed by atoms with Crippen molar-refractivity contribution in [2.45, 2.75) is 26.8 Å². The summed E-state index contributed by atoms with van der Waals surface area (Å²) in [7, 11) is 0. The van der Waals surface area contributed by atoms with Crippen molar-refractivity contribution in [1.82, 2.24) is 10.4 Å². The molecule has 0 aliphatic heterocycles. The first-order valence-corrected chi connectivity index (χ1v) is 9.89. The van der Waals surface area contributed by atoms with Crippen molar-refractivity contribution in [3.63, 3.8) is 0 Å². The summed E-state index contributed by atoms with van der Waals surface area (Å²) in [6.07, 6.45) is 1.38. The molecule has 2 amide bonds. The Morgan fingerprint density at radius 2 is 1.61 bits per heavy atom. The number of hydrogen-bond donors (Lipinski definition) is 1. The fourth-order valence-electron chi connectivity index (χ4n) is 2.68. The standard InChI is InChI=1S/C23H26N2O6/c1-4-29-22(27)24-25(23(28)30-5-2)17(3)19-13-9-10-14-20(19)31-21(26)16-15-18-11-7-6-8-12-18/h6-17H,4-5H2,1-3H3,(H,24,27)/b16-15+. The molecule has 0 aliphatic rings. The second-order valence-corrected chi connectivity index (χ2v) is 6.28. The average molecular weight is 426 g/mol. The normalized spacial score (nSPS) is 11.5. The van der Waals surface area contributed by atoms with Gasteiger partial charge in [0.1, 0.15) is 5.75 Å². The van der Waals surface area contributed by atoms with Crippen LogP contribution in [0.5, 0.6) is 5.75 Å². The molecule has 1 N–H and O–H groups in total. The second-order valence-electron chi connectivity index (χ2n) is 6.28. The molecular formula is C23H26N2O6. The molecular weight excluding hydrogens is 400 g/mol. The minimum Gasteiger partial charge on any atom is -0.449 e. The molecule has 0 fully saturated rings. The molecule has 0 heterocycles. The van der Waals surface area contributed by atoms with Gasteiger partial charge in [0, 0.05) is 11.6 Å². The third-order valence-corrected chi connectivity index (χ3v) is 4.13.